The lowest BCUT2D eigenvalue weighted by Gasteiger charge is -2.21. The minimum Gasteiger partial charge on any atom is -0.462 e. The van der Waals surface area contributed by atoms with E-state index >= 15 is 0 Å². The Morgan fingerprint density at radius 1 is 0.320 bits per heavy atom. The molecular weight excluding hydrogens is 1010 g/mol. The molecule has 0 amide bonds. The third kappa shape index (κ3) is 51.3. The zero-order valence-corrected chi connectivity index (χ0v) is 49.3. The van der Waals surface area contributed by atoms with Gasteiger partial charge in [0.1, 0.15) is 19.3 Å². The molecule has 0 bridgehead atoms. The molecule has 0 rings (SSSR count). The lowest BCUT2D eigenvalue weighted by atomic mass is 10.0. The van der Waals surface area contributed by atoms with E-state index < -0.39 is 97.5 Å². The van der Waals surface area contributed by atoms with Gasteiger partial charge in [-0.05, 0) is 25.7 Å². The van der Waals surface area contributed by atoms with E-state index in [2.05, 4.69) is 27.7 Å². The van der Waals surface area contributed by atoms with Crippen molar-refractivity contribution in [1.29, 1.82) is 0 Å². The van der Waals surface area contributed by atoms with Crippen molar-refractivity contribution in [3.8, 4) is 0 Å². The lowest BCUT2D eigenvalue weighted by Crippen LogP contribution is -2.30. The van der Waals surface area contributed by atoms with Crippen molar-refractivity contribution in [2.45, 2.75) is 296 Å². The minimum atomic E-state index is -4.93. The molecule has 0 saturated carbocycles. The summed E-state index contributed by atoms with van der Waals surface area (Å²) in [6.45, 7) is 4.71. The molecule has 0 aromatic rings. The Kier molecular flexibility index (Phi) is 50.2. The highest BCUT2D eigenvalue weighted by molar-refractivity contribution is 7.47. The van der Waals surface area contributed by atoms with Gasteiger partial charge < -0.3 is 33.8 Å². The van der Waals surface area contributed by atoms with Crippen LogP contribution in [0.2, 0.25) is 0 Å². The van der Waals surface area contributed by atoms with Crippen LogP contribution < -0.4 is 0 Å². The minimum absolute atomic E-state index is 0.105. The number of carbonyl (C=O) groups excluding carboxylic acids is 4. The van der Waals surface area contributed by atoms with Crippen molar-refractivity contribution >= 4 is 39.5 Å². The maximum atomic E-state index is 12.9. The number of unbranched alkanes of at least 4 members (excludes halogenated alkanes) is 31. The summed E-state index contributed by atoms with van der Waals surface area (Å²) < 4.78 is 67.4. The molecule has 0 aromatic heterocycles. The predicted molar refractivity (Wildman–Crippen MR) is 294 cm³/mol. The Balaban J connectivity index is 5.17. The normalized spacial score (nSPS) is 14.4. The fourth-order valence-electron chi connectivity index (χ4n) is 8.22. The van der Waals surface area contributed by atoms with E-state index in [-0.39, 0.29) is 25.7 Å². The van der Waals surface area contributed by atoms with E-state index in [1.54, 1.807) is 0 Å². The Morgan fingerprint density at radius 2 is 0.533 bits per heavy atom. The van der Waals surface area contributed by atoms with E-state index in [0.29, 0.717) is 25.7 Å². The molecule has 0 aliphatic rings. The molecule has 0 heterocycles. The maximum Gasteiger partial charge on any atom is 0.472 e. The molecule has 2 unspecified atom stereocenters. The number of hydrogen-bond acceptors (Lipinski definition) is 15. The summed E-state index contributed by atoms with van der Waals surface area (Å²) in [6.07, 6.45) is 33.7. The maximum absolute atomic E-state index is 12.9. The second-order valence-corrected chi connectivity index (χ2v) is 23.2. The van der Waals surface area contributed by atoms with Crippen molar-refractivity contribution in [2.75, 3.05) is 39.6 Å². The Hall–Kier alpha value is -1.94. The Labute approximate surface area is 454 Å². The van der Waals surface area contributed by atoms with Crippen LogP contribution in [0, 0.1) is 0 Å². The third-order valence-corrected chi connectivity index (χ3v) is 14.8. The van der Waals surface area contributed by atoms with Gasteiger partial charge in [0.2, 0.25) is 0 Å². The van der Waals surface area contributed by atoms with E-state index in [1.165, 1.54) is 103 Å². The van der Waals surface area contributed by atoms with Crippen LogP contribution in [-0.4, -0.2) is 96.7 Å². The fourth-order valence-corrected chi connectivity index (χ4v) is 9.80. The predicted octanol–water partition coefficient (Wildman–Crippen LogP) is 14.8. The number of ether oxygens (including phenoxy) is 4. The summed E-state index contributed by atoms with van der Waals surface area (Å²) in [6, 6.07) is 0. The third-order valence-electron chi connectivity index (χ3n) is 12.9. The summed E-state index contributed by atoms with van der Waals surface area (Å²) in [5.41, 5.74) is 0. The van der Waals surface area contributed by atoms with Crippen molar-refractivity contribution in [3.63, 3.8) is 0 Å². The first-order valence-electron chi connectivity index (χ1n) is 29.8. The fraction of sp³-hybridized carbons (Fsp3) is 0.929. The molecule has 0 fully saturated rings. The molecule has 17 nitrogen and oxygen atoms in total. The number of phosphoric ester groups is 2. The van der Waals surface area contributed by atoms with Crippen LogP contribution in [0.5, 0.6) is 0 Å². The second-order valence-electron chi connectivity index (χ2n) is 20.3. The smallest absolute Gasteiger partial charge is 0.462 e. The van der Waals surface area contributed by atoms with Crippen LogP contribution >= 0.6 is 15.6 Å². The van der Waals surface area contributed by atoms with Crippen LogP contribution in [0.15, 0.2) is 0 Å². The molecule has 0 aliphatic heterocycles. The zero-order valence-electron chi connectivity index (χ0n) is 47.5. The first kappa shape index (κ1) is 73.1. The average molecular weight is 1120 g/mol. The molecule has 3 N–H and O–H groups in total. The van der Waals surface area contributed by atoms with Gasteiger partial charge in [-0.2, -0.15) is 0 Å². The summed E-state index contributed by atoms with van der Waals surface area (Å²) in [5, 5.41) is 10.5. The molecular formula is C56H108O17P2. The highest BCUT2D eigenvalue weighted by Crippen LogP contribution is 2.45. The van der Waals surface area contributed by atoms with Crippen molar-refractivity contribution in [1.82, 2.24) is 0 Å². The first-order chi connectivity index (χ1) is 36.2. The summed E-state index contributed by atoms with van der Waals surface area (Å²) >= 11 is 0. The van der Waals surface area contributed by atoms with Gasteiger partial charge in [-0.1, -0.05) is 227 Å². The van der Waals surface area contributed by atoms with Crippen LogP contribution in [0.4, 0.5) is 0 Å². The molecule has 0 spiro atoms. The number of carbonyl (C=O) groups is 4. The Morgan fingerprint density at radius 3 is 0.787 bits per heavy atom. The largest absolute Gasteiger partial charge is 0.472 e. The van der Waals surface area contributed by atoms with E-state index in [1.807, 2.05) is 0 Å². The van der Waals surface area contributed by atoms with Gasteiger partial charge in [0.15, 0.2) is 12.2 Å². The number of aliphatic hydroxyl groups excluding tert-OH is 1. The summed E-state index contributed by atoms with van der Waals surface area (Å²) in [4.78, 5) is 71.5. The topological polar surface area (TPSA) is 237 Å². The van der Waals surface area contributed by atoms with Crippen molar-refractivity contribution < 1.29 is 80.2 Å². The highest BCUT2D eigenvalue weighted by Gasteiger charge is 2.30. The van der Waals surface area contributed by atoms with Crippen LogP contribution in [0.1, 0.15) is 278 Å². The van der Waals surface area contributed by atoms with Gasteiger partial charge in [-0.3, -0.25) is 37.3 Å². The summed E-state index contributed by atoms with van der Waals surface area (Å²) in [5.74, 6) is -2.16. The van der Waals surface area contributed by atoms with Gasteiger partial charge in [0, 0.05) is 25.7 Å². The van der Waals surface area contributed by atoms with Crippen molar-refractivity contribution in [2.24, 2.45) is 0 Å². The molecule has 0 aromatic carbocycles. The molecule has 444 valence electrons. The van der Waals surface area contributed by atoms with Gasteiger partial charge in [-0.15, -0.1) is 0 Å². The van der Waals surface area contributed by atoms with Crippen molar-refractivity contribution in [3.05, 3.63) is 0 Å². The monoisotopic (exact) mass is 1110 g/mol. The molecule has 5 atom stereocenters. The highest BCUT2D eigenvalue weighted by atomic mass is 31.2. The lowest BCUT2D eigenvalue weighted by molar-refractivity contribution is -0.161. The molecule has 0 aliphatic carbocycles. The number of rotatable bonds is 57. The van der Waals surface area contributed by atoms with Gasteiger partial charge in [-0.25, -0.2) is 9.13 Å². The van der Waals surface area contributed by atoms with Crippen LogP contribution in [0.25, 0.3) is 0 Å². The zero-order chi connectivity index (χ0) is 55.5. The van der Waals surface area contributed by atoms with Crippen LogP contribution in [0.3, 0.4) is 0 Å². The molecule has 19 heteroatoms. The molecule has 0 radical (unpaired) electrons. The quantitative estimate of drug-likeness (QED) is 0.0222. The van der Waals surface area contributed by atoms with Crippen LogP contribution in [-0.2, 0) is 65.4 Å². The SMILES string of the molecule is CCCCCCCCCCCCCCC(=O)O[C@H](COC(=O)CCCCCCCCCCC)COP(=O)(O)OC[C@@H](O)COP(=O)(O)OC[C@@H](COC(=O)CCCCCCC)OC(=O)CCCCCCCCCCC. The van der Waals surface area contributed by atoms with Gasteiger partial charge in [0.05, 0.1) is 26.4 Å². The number of esters is 4. The number of hydrogen-bond donors (Lipinski definition) is 3. The van der Waals surface area contributed by atoms with Gasteiger partial charge in [0.25, 0.3) is 0 Å². The van der Waals surface area contributed by atoms with E-state index in [9.17, 15) is 43.2 Å². The summed E-state index contributed by atoms with van der Waals surface area (Å²) in [7, 11) is -9.86. The van der Waals surface area contributed by atoms with Gasteiger partial charge >= 0.3 is 39.5 Å². The molecule has 75 heavy (non-hydrogen) atoms. The second kappa shape index (κ2) is 51.5. The molecule has 0 saturated heterocycles. The first-order valence-corrected chi connectivity index (χ1v) is 32.8. The standard InChI is InChI=1S/C56H108O17P2/c1-5-9-13-17-20-23-24-25-28-31-35-39-43-56(61)73-52(47-67-54(59)41-37-33-29-26-21-18-14-10-6-2)49-71-75(64,65)69-45-50(57)44-68-74(62,63)70-48-51(46-66-53(58)40-36-32-16-12-8-4)72-55(60)42-38-34-30-27-22-19-15-11-7-3/h50-52,57H,5-49H2,1-4H3,(H,62,63)(H,64,65)/t50-,51+,52+/m0/s1. The number of phosphoric acid groups is 2. The van der Waals surface area contributed by atoms with E-state index in [0.717, 1.165) is 96.3 Å². The average Bonchev–Trinajstić information content (AvgIpc) is 3.38. The van der Waals surface area contributed by atoms with E-state index in [4.69, 9.17) is 37.0 Å². The number of aliphatic hydroxyl groups is 1. The Bertz CT molecular complexity index is 1470.